The van der Waals surface area contributed by atoms with E-state index in [1.807, 2.05) is 6.92 Å². The van der Waals surface area contributed by atoms with Crippen molar-refractivity contribution >= 4 is 18.0 Å². The quantitative estimate of drug-likeness (QED) is 0.449. The monoisotopic (exact) mass is 278 g/mol. The fraction of sp³-hybridized carbons (Fsp3) is 0.333. The van der Waals surface area contributed by atoms with E-state index in [9.17, 15) is 9.59 Å². The lowest BCUT2D eigenvalue weighted by Gasteiger charge is -2.09. The molecule has 0 aliphatic heterocycles. The minimum Gasteiger partial charge on any atom is -0.481 e. The molecule has 5 heteroatoms. The SMILES string of the molecule is CCCCOC(=O)COc1ccccc1C=CC(=O)O. The molecule has 1 aromatic rings. The molecule has 0 unspecified atom stereocenters. The van der Waals surface area contributed by atoms with Crippen LogP contribution < -0.4 is 4.74 Å². The van der Waals surface area contributed by atoms with Crippen molar-refractivity contribution < 1.29 is 24.2 Å². The van der Waals surface area contributed by atoms with Crippen LogP contribution in [-0.2, 0) is 14.3 Å². The van der Waals surface area contributed by atoms with Gasteiger partial charge in [0.25, 0.3) is 0 Å². The van der Waals surface area contributed by atoms with Crippen molar-refractivity contribution in [1.29, 1.82) is 0 Å². The molecule has 1 N–H and O–H groups in total. The summed E-state index contributed by atoms with van der Waals surface area (Å²) < 4.78 is 10.3. The lowest BCUT2D eigenvalue weighted by atomic mass is 10.2. The first-order valence-electron chi connectivity index (χ1n) is 6.42. The standard InChI is InChI=1S/C15H18O5/c1-2-3-10-19-15(18)11-20-13-7-5-4-6-12(13)8-9-14(16)17/h4-9H,2-3,10-11H2,1H3,(H,16,17). The largest absolute Gasteiger partial charge is 0.481 e. The summed E-state index contributed by atoms with van der Waals surface area (Å²) in [6.45, 7) is 2.20. The molecule has 20 heavy (non-hydrogen) atoms. The summed E-state index contributed by atoms with van der Waals surface area (Å²) in [6.07, 6.45) is 4.21. The molecule has 0 saturated carbocycles. The van der Waals surface area contributed by atoms with Gasteiger partial charge in [0, 0.05) is 11.6 Å². The van der Waals surface area contributed by atoms with Crippen molar-refractivity contribution in [3.63, 3.8) is 0 Å². The molecular formula is C15H18O5. The average molecular weight is 278 g/mol. The zero-order chi connectivity index (χ0) is 14.8. The van der Waals surface area contributed by atoms with Gasteiger partial charge in [-0.1, -0.05) is 31.5 Å². The fourth-order valence-corrected chi connectivity index (χ4v) is 1.42. The molecule has 0 aromatic heterocycles. The Morgan fingerprint density at radius 2 is 2.05 bits per heavy atom. The topological polar surface area (TPSA) is 72.8 Å². The number of benzene rings is 1. The van der Waals surface area contributed by atoms with Crippen LogP contribution in [0.15, 0.2) is 30.3 Å². The molecule has 108 valence electrons. The second-order valence-electron chi connectivity index (χ2n) is 4.07. The highest BCUT2D eigenvalue weighted by Gasteiger charge is 2.06. The maximum Gasteiger partial charge on any atom is 0.344 e. The van der Waals surface area contributed by atoms with Gasteiger partial charge in [-0.25, -0.2) is 9.59 Å². The van der Waals surface area contributed by atoms with E-state index in [1.54, 1.807) is 24.3 Å². The van der Waals surface area contributed by atoms with Gasteiger partial charge in [0.15, 0.2) is 6.61 Å². The van der Waals surface area contributed by atoms with Gasteiger partial charge < -0.3 is 14.6 Å². The van der Waals surface area contributed by atoms with Gasteiger partial charge in [0.2, 0.25) is 0 Å². The average Bonchev–Trinajstić information content (AvgIpc) is 2.44. The van der Waals surface area contributed by atoms with Crippen LogP contribution in [0.5, 0.6) is 5.75 Å². The highest BCUT2D eigenvalue weighted by Crippen LogP contribution is 2.19. The smallest absolute Gasteiger partial charge is 0.344 e. The van der Waals surface area contributed by atoms with Crippen molar-refractivity contribution in [1.82, 2.24) is 0 Å². The van der Waals surface area contributed by atoms with Gasteiger partial charge in [0.1, 0.15) is 5.75 Å². The Morgan fingerprint density at radius 3 is 2.75 bits per heavy atom. The van der Waals surface area contributed by atoms with Gasteiger partial charge in [-0.15, -0.1) is 0 Å². The Labute approximate surface area is 117 Å². The number of carboxylic acids is 1. The number of carboxylic acid groups (broad SMARTS) is 1. The van der Waals surface area contributed by atoms with Crippen LogP contribution >= 0.6 is 0 Å². The van der Waals surface area contributed by atoms with E-state index in [4.69, 9.17) is 14.6 Å². The Kier molecular flexibility index (Phi) is 6.89. The Balaban J connectivity index is 2.55. The first-order valence-corrected chi connectivity index (χ1v) is 6.42. The highest BCUT2D eigenvalue weighted by atomic mass is 16.6. The van der Waals surface area contributed by atoms with Crippen molar-refractivity contribution in [2.24, 2.45) is 0 Å². The summed E-state index contributed by atoms with van der Waals surface area (Å²) in [5.74, 6) is -1.04. The van der Waals surface area contributed by atoms with E-state index in [0.717, 1.165) is 18.9 Å². The molecule has 0 bridgehead atoms. The number of carbonyl (C=O) groups excluding carboxylic acids is 1. The minimum absolute atomic E-state index is 0.193. The molecule has 0 radical (unpaired) electrons. The van der Waals surface area contributed by atoms with Crippen molar-refractivity contribution in [2.75, 3.05) is 13.2 Å². The van der Waals surface area contributed by atoms with Gasteiger partial charge >= 0.3 is 11.9 Å². The molecule has 0 spiro atoms. The zero-order valence-electron chi connectivity index (χ0n) is 11.4. The third-order valence-corrected chi connectivity index (χ3v) is 2.43. The molecule has 0 aliphatic rings. The van der Waals surface area contributed by atoms with Crippen LogP contribution in [0.2, 0.25) is 0 Å². The molecule has 1 aromatic carbocycles. The lowest BCUT2D eigenvalue weighted by molar-refractivity contribution is -0.146. The van der Waals surface area contributed by atoms with Crippen molar-refractivity contribution in [3.8, 4) is 5.75 Å². The maximum atomic E-state index is 11.4. The number of hydrogen-bond acceptors (Lipinski definition) is 4. The third-order valence-electron chi connectivity index (χ3n) is 2.43. The van der Waals surface area contributed by atoms with Crippen LogP contribution in [0.4, 0.5) is 0 Å². The molecule has 0 aliphatic carbocycles. The number of ether oxygens (including phenoxy) is 2. The first kappa shape index (κ1) is 15.8. The van der Waals surface area contributed by atoms with Crippen LogP contribution in [0.1, 0.15) is 25.3 Å². The Morgan fingerprint density at radius 1 is 1.30 bits per heavy atom. The molecular weight excluding hydrogens is 260 g/mol. The second kappa shape index (κ2) is 8.74. The second-order valence-corrected chi connectivity index (χ2v) is 4.07. The number of esters is 1. The maximum absolute atomic E-state index is 11.4. The Hall–Kier alpha value is -2.30. The van der Waals surface area contributed by atoms with Crippen molar-refractivity contribution in [3.05, 3.63) is 35.9 Å². The van der Waals surface area contributed by atoms with E-state index >= 15 is 0 Å². The van der Waals surface area contributed by atoms with Gasteiger partial charge in [-0.2, -0.15) is 0 Å². The van der Waals surface area contributed by atoms with Crippen LogP contribution in [0.3, 0.4) is 0 Å². The van der Waals surface area contributed by atoms with Crippen LogP contribution in [0.25, 0.3) is 6.08 Å². The molecule has 1 rings (SSSR count). The van der Waals surface area contributed by atoms with Gasteiger partial charge in [-0.05, 0) is 18.6 Å². The molecule has 0 fully saturated rings. The van der Waals surface area contributed by atoms with E-state index in [-0.39, 0.29) is 6.61 Å². The number of rotatable bonds is 8. The van der Waals surface area contributed by atoms with E-state index in [0.29, 0.717) is 17.9 Å². The number of para-hydroxylation sites is 1. The highest BCUT2D eigenvalue weighted by molar-refractivity contribution is 5.85. The summed E-state index contributed by atoms with van der Waals surface area (Å²) in [4.78, 5) is 21.9. The van der Waals surface area contributed by atoms with Crippen LogP contribution in [-0.4, -0.2) is 30.3 Å². The predicted octanol–water partition coefficient (Wildman–Crippen LogP) is 2.51. The van der Waals surface area contributed by atoms with Gasteiger partial charge in [0.05, 0.1) is 6.61 Å². The Bertz CT molecular complexity index is 479. The summed E-state index contributed by atoms with van der Waals surface area (Å²) >= 11 is 0. The third kappa shape index (κ3) is 6.04. The minimum atomic E-state index is -1.04. The van der Waals surface area contributed by atoms with Crippen molar-refractivity contribution in [2.45, 2.75) is 19.8 Å². The van der Waals surface area contributed by atoms with E-state index < -0.39 is 11.9 Å². The van der Waals surface area contributed by atoms with Crippen LogP contribution in [0, 0.1) is 0 Å². The summed E-state index contributed by atoms with van der Waals surface area (Å²) in [6, 6.07) is 6.88. The molecule has 0 heterocycles. The number of hydrogen-bond donors (Lipinski definition) is 1. The molecule has 0 amide bonds. The number of carbonyl (C=O) groups is 2. The first-order chi connectivity index (χ1) is 9.63. The molecule has 5 nitrogen and oxygen atoms in total. The predicted molar refractivity (Wildman–Crippen MR) is 74.5 cm³/mol. The number of unbranched alkanes of at least 4 members (excludes halogenated alkanes) is 1. The molecule has 0 atom stereocenters. The summed E-state index contributed by atoms with van der Waals surface area (Å²) in [7, 11) is 0. The zero-order valence-corrected chi connectivity index (χ0v) is 11.4. The lowest BCUT2D eigenvalue weighted by Crippen LogP contribution is -2.15. The van der Waals surface area contributed by atoms with E-state index in [2.05, 4.69) is 0 Å². The summed E-state index contributed by atoms with van der Waals surface area (Å²) in [5.41, 5.74) is 0.594. The normalized spacial score (nSPS) is 10.4. The summed E-state index contributed by atoms with van der Waals surface area (Å²) in [5, 5.41) is 8.60. The fourth-order valence-electron chi connectivity index (χ4n) is 1.42. The van der Waals surface area contributed by atoms with E-state index in [1.165, 1.54) is 6.08 Å². The number of aliphatic carboxylic acids is 1. The molecule has 0 saturated heterocycles. The van der Waals surface area contributed by atoms with Gasteiger partial charge in [-0.3, -0.25) is 0 Å².